The molecule has 0 bridgehead atoms. The lowest BCUT2D eigenvalue weighted by Gasteiger charge is -2.09. The molecule has 0 spiro atoms. The molecule has 0 radical (unpaired) electrons. The van der Waals surface area contributed by atoms with E-state index >= 15 is 0 Å². The molecule has 0 aliphatic carbocycles. The summed E-state index contributed by atoms with van der Waals surface area (Å²) in [7, 11) is 1.37. The second-order valence-corrected chi connectivity index (χ2v) is 4.78. The van der Waals surface area contributed by atoms with Crippen molar-refractivity contribution in [3.05, 3.63) is 12.1 Å². The van der Waals surface area contributed by atoms with Crippen LogP contribution in [-0.2, 0) is 4.79 Å². The SMILES string of the molecule is COc1cc(NO)cc(-c2nc(SCC(=O)O)n[nH]2)c1O. The first kappa shape index (κ1) is 14.9. The van der Waals surface area contributed by atoms with Gasteiger partial charge in [-0.2, -0.15) is 0 Å². The fourth-order valence-corrected chi connectivity index (χ4v) is 2.08. The standard InChI is InChI=1S/C11H12N4O5S/c1-20-7-3-5(15-19)2-6(9(7)18)10-12-11(14-13-10)21-4-8(16)17/h2-3,15,18-19H,4H2,1H3,(H,16,17)(H,12,13,14). The van der Waals surface area contributed by atoms with E-state index < -0.39 is 5.97 Å². The van der Waals surface area contributed by atoms with Crippen molar-refractivity contribution in [2.24, 2.45) is 0 Å². The summed E-state index contributed by atoms with van der Waals surface area (Å²) in [5, 5.41) is 34.3. The lowest BCUT2D eigenvalue weighted by Crippen LogP contribution is -1.97. The van der Waals surface area contributed by atoms with Crippen molar-refractivity contribution in [2.75, 3.05) is 18.3 Å². The summed E-state index contributed by atoms with van der Waals surface area (Å²) in [6.45, 7) is 0. The second kappa shape index (κ2) is 6.33. The molecule has 1 aromatic carbocycles. The number of aromatic hydroxyl groups is 1. The number of phenolic OH excluding ortho intramolecular Hbond substituents is 1. The van der Waals surface area contributed by atoms with Crippen LogP contribution in [-0.4, -0.2) is 49.4 Å². The number of ether oxygens (including phenoxy) is 1. The molecule has 9 nitrogen and oxygen atoms in total. The Kier molecular flexibility index (Phi) is 4.50. The maximum atomic E-state index is 10.5. The molecule has 0 saturated heterocycles. The summed E-state index contributed by atoms with van der Waals surface area (Å²) in [5.74, 6) is -0.981. The van der Waals surface area contributed by atoms with Crippen molar-refractivity contribution in [3.8, 4) is 22.9 Å². The molecule has 112 valence electrons. The molecule has 1 heterocycles. The molecule has 2 aromatic rings. The number of hydrogen-bond donors (Lipinski definition) is 5. The molecule has 2 rings (SSSR count). The van der Waals surface area contributed by atoms with Gasteiger partial charge < -0.3 is 14.9 Å². The van der Waals surface area contributed by atoms with Gasteiger partial charge in [-0.05, 0) is 6.07 Å². The maximum Gasteiger partial charge on any atom is 0.313 e. The van der Waals surface area contributed by atoms with Crippen LogP contribution in [0.5, 0.6) is 11.5 Å². The van der Waals surface area contributed by atoms with Gasteiger partial charge in [-0.1, -0.05) is 11.8 Å². The first-order valence-corrected chi connectivity index (χ1v) is 6.62. The minimum Gasteiger partial charge on any atom is -0.504 e. The van der Waals surface area contributed by atoms with E-state index in [1.807, 2.05) is 5.48 Å². The van der Waals surface area contributed by atoms with Gasteiger partial charge in [0.15, 0.2) is 17.3 Å². The maximum absolute atomic E-state index is 10.5. The highest BCUT2D eigenvalue weighted by Crippen LogP contribution is 2.38. The van der Waals surface area contributed by atoms with Gasteiger partial charge >= 0.3 is 5.97 Å². The van der Waals surface area contributed by atoms with E-state index in [4.69, 9.17) is 15.1 Å². The Labute approximate surface area is 122 Å². The average Bonchev–Trinajstić information content (AvgIpc) is 2.94. The van der Waals surface area contributed by atoms with Crippen LogP contribution in [0.15, 0.2) is 17.3 Å². The van der Waals surface area contributed by atoms with E-state index in [-0.39, 0.29) is 39.5 Å². The number of aromatic amines is 1. The minimum absolute atomic E-state index is 0.139. The fourth-order valence-electron chi connectivity index (χ4n) is 1.57. The fraction of sp³-hybridized carbons (Fsp3) is 0.182. The molecular weight excluding hydrogens is 300 g/mol. The lowest BCUT2D eigenvalue weighted by atomic mass is 10.1. The Morgan fingerprint density at radius 3 is 2.90 bits per heavy atom. The summed E-state index contributed by atoms with van der Waals surface area (Å²) in [5.41, 5.74) is 2.49. The van der Waals surface area contributed by atoms with E-state index in [0.29, 0.717) is 0 Å². The smallest absolute Gasteiger partial charge is 0.313 e. The Bertz CT molecular complexity index is 660. The molecule has 1 aromatic heterocycles. The highest BCUT2D eigenvalue weighted by atomic mass is 32.2. The highest BCUT2D eigenvalue weighted by molar-refractivity contribution is 7.99. The Balaban J connectivity index is 2.35. The first-order chi connectivity index (χ1) is 10.0. The van der Waals surface area contributed by atoms with Crippen LogP contribution in [0, 0.1) is 0 Å². The number of anilines is 1. The summed E-state index contributed by atoms with van der Waals surface area (Å²) < 4.78 is 4.99. The zero-order valence-electron chi connectivity index (χ0n) is 10.8. The van der Waals surface area contributed by atoms with Crippen LogP contribution in [0.3, 0.4) is 0 Å². The van der Waals surface area contributed by atoms with Gasteiger partial charge in [0.2, 0.25) is 5.16 Å². The van der Waals surface area contributed by atoms with Gasteiger partial charge in [-0.3, -0.25) is 20.6 Å². The van der Waals surface area contributed by atoms with Crippen molar-refractivity contribution in [1.29, 1.82) is 0 Å². The molecule has 0 aliphatic heterocycles. The summed E-state index contributed by atoms with van der Waals surface area (Å²) in [4.78, 5) is 14.6. The normalized spacial score (nSPS) is 10.4. The van der Waals surface area contributed by atoms with Crippen molar-refractivity contribution in [3.63, 3.8) is 0 Å². The number of phenols is 1. The third-order valence-electron chi connectivity index (χ3n) is 2.47. The minimum atomic E-state index is -0.984. The van der Waals surface area contributed by atoms with Crippen LogP contribution in [0.25, 0.3) is 11.4 Å². The molecule has 0 saturated carbocycles. The van der Waals surface area contributed by atoms with Gasteiger partial charge in [0.05, 0.1) is 24.1 Å². The van der Waals surface area contributed by atoms with Gasteiger partial charge in [0, 0.05) is 6.07 Å². The molecule has 0 atom stereocenters. The second-order valence-electron chi connectivity index (χ2n) is 3.84. The number of thioether (sulfide) groups is 1. The monoisotopic (exact) mass is 312 g/mol. The van der Waals surface area contributed by atoms with Crippen LogP contribution in [0.4, 0.5) is 5.69 Å². The van der Waals surface area contributed by atoms with E-state index in [1.165, 1.54) is 19.2 Å². The third kappa shape index (κ3) is 3.35. The number of carbonyl (C=O) groups is 1. The number of H-pyrrole nitrogens is 1. The lowest BCUT2D eigenvalue weighted by molar-refractivity contribution is -0.133. The number of rotatable bonds is 6. The molecule has 0 unspecified atom stereocenters. The van der Waals surface area contributed by atoms with Gasteiger partial charge in [-0.15, -0.1) is 5.10 Å². The zero-order valence-corrected chi connectivity index (χ0v) is 11.6. The van der Waals surface area contributed by atoms with Crippen molar-refractivity contribution in [1.82, 2.24) is 15.2 Å². The number of nitrogens with zero attached hydrogens (tertiary/aromatic N) is 2. The molecule has 21 heavy (non-hydrogen) atoms. The topological polar surface area (TPSA) is 141 Å². The van der Waals surface area contributed by atoms with Crippen LogP contribution >= 0.6 is 11.8 Å². The Morgan fingerprint density at radius 1 is 1.52 bits per heavy atom. The number of nitrogens with one attached hydrogen (secondary N) is 2. The first-order valence-electron chi connectivity index (χ1n) is 5.63. The van der Waals surface area contributed by atoms with Gasteiger partial charge in [0.25, 0.3) is 0 Å². The number of aliphatic carboxylic acids is 1. The number of methoxy groups -OCH3 is 1. The number of carboxylic acids is 1. The van der Waals surface area contributed by atoms with Crippen LogP contribution < -0.4 is 10.2 Å². The Hall–Kier alpha value is -2.46. The summed E-state index contributed by atoms with van der Waals surface area (Å²) >= 11 is 0.939. The molecule has 10 heteroatoms. The Morgan fingerprint density at radius 2 is 2.29 bits per heavy atom. The predicted molar refractivity (Wildman–Crippen MR) is 73.8 cm³/mol. The quantitative estimate of drug-likeness (QED) is 0.302. The van der Waals surface area contributed by atoms with E-state index in [1.54, 1.807) is 0 Å². The molecular formula is C11H12N4O5S. The largest absolute Gasteiger partial charge is 0.504 e. The molecule has 5 N–H and O–H groups in total. The molecule has 0 fully saturated rings. The van der Waals surface area contributed by atoms with Crippen molar-refractivity contribution >= 4 is 23.4 Å². The summed E-state index contributed by atoms with van der Waals surface area (Å²) in [6, 6.07) is 2.83. The van der Waals surface area contributed by atoms with Crippen molar-refractivity contribution < 1.29 is 25.0 Å². The van der Waals surface area contributed by atoms with E-state index in [0.717, 1.165) is 11.8 Å². The van der Waals surface area contributed by atoms with E-state index in [9.17, 15) is 9.90 Å². The predicted octanol–water partition coefficient (Wildman–Crippen LogP) is 1.16. The third-order valence-corrected chi connectivity index (χ3v) is 3.30. The zero-order chi connectivity index (χ0) is 15.4. The number of hydrogen-bond acceptors (Lipinski definition) is 8. The summed E-state index contributed by atoms with van der Waals surface area (Å²) in [6.07, 6.45) is 0. The van der Waals surface area contributed by atoms with E-state index in [2.05, 4.69) is 15.2 Å². The number of carboxylic acid groups (broad SMARTS) is 1. The molecule has 0 amide bonds. The van der Waals surface area contributed by atoms with Crippen LogP contribution in [0.1, 0.15) is 0 Å². The molecule has 0 aliphatic rings. The average molecular weight is 312 g/mol. The number of aromatic nitrogens is 3. The highest BCUT2D eigenvalue weighted by Gasteiger charge is 2.16. The number of benzene rings is 1. The van der Waals surface area contributed by atoms with Crippen LogP contribution in [0.2, 0.25) is 0 Å². The van der Waals surface area contributed by atoms with Gasteiger partial charge in [0.1, 0.15) is 0 Å². The van der Waals surface area contributed by atoms with Crippen molar-refractivity contribution in [2.45, 2.75) is 5.16 Å². The van der Waals surface area contributed by atoms with Gasteiger partial charge in [-0.25, -0.2) is 4.98 Å².